The minimum atomic E-state index is -0.537. The van der Waals surface area contributed by atoms with E-state index in [0.29, 0.717) is 19.5 Å². The fourth-order valence-corrected chi connectivity index (χ4v) is 1.91. The summed E-state index contributed by atoms with van der Waals surface area (Å²) < 4.78 is 0. The van der Waals surface area contributed by atoms with Crippen LogP contribution in [0.25, 0.3) is 0 Å². The van der Waals surface area contributed by atoms with Crippen molar-refractivity contribution in [2.24, 2.45) is 11.7 Å². The topological polar surface area (TPSA) is 84.2 Å². The second-order valence-electron chi connectivity index (χ2n) is 4.42. The van der Waals surface area contributed by atoms with Crippen LogP contribution in [0.1, 0.15) is 12.5 Å². The lowest BCUT2D eigenvalue weighted by Gasteiger charge is -2.15. The molecule has 1 aromatic rings. The first-order valence-electron chi connectivity index (χ1n) is 6.36. The normalized spacial score (nSPS) is 11.4. The maximum atomic E-state index is 12.0. The van der Waals surface area contributed by atoms with Gasteiger partial charge >= 0.3 is 0 Å². The Balaban J connectivity index is 2.51. The van der Waals surface area contributed by atoms with Crippen molar-refractivity contribution < 1.29 is 9.59 Å². The molecule has 4 N–H and O–H groups in total. The minimum absolute atomic E-state index is 0.130. The van der Waals surface area contributed by atoms with Gasteiger partial charge < -0.3 is 16.4 Å². The van der Waals surface area contributed by atoms with Crippen molar-refractivity contribution in [1.82, 2.24) is 10.6 Å². The fourth-order valence-electron chi connectivity index (χ4n) is 1.72. The van der Waals surface area contributed by atoms with E-state index in [0.717, 1.165) is 5.56 Å². The van der Waals surface area contributed by atoms with Crippen LogP contribution in [0.4, 0.5) is 0 Å². The predicted molar refractivity (Wildman–Crippen MR) is 82.1 cm³/mol. The zero-order chi connectivity index (χ0) is 15.0. The van der Waals surface area contributed by atoms with E-state index in [9.17, 15) is 9.59 Å². The number of amides is 2. The van der Waals surface area contributed by atoms with Crippen LogP contribution in [0.3, 0.4) is 0 Å². The third kappa shape index (κ3) is 5.79. The number of carbonyl (C=O) groups is 2. The number of nitrogens with one attached hydrogen (secondary N) is 2. The lowest BCUT2D eigenvalue weighted by molar-refractivity contribution is -0.123. The second kappa shape index (κ2) is 8.27. The molecular formula is C14H19N3O2S. The summed E-state index contributed by atoms with van der Waals surface area (Å²) in [5.74, 6) is -0.883. The second-order valence-corrected chi connectivity index (χ2v) is 4.89. The molecule has 5 nitrogen and oxygen atoms in total. The Bertz CT molecular complexity index is 477. The summed E-state index contributed by atoms with van der Waals surface area (Å²) in [6.45, 7) is 2.16. The van der Waals surface area contributed by atoms with Crippen LogP contribution < -0.4 is 16.4 Å². The predicted octanol–water partition coefficient (Wildman–Crippen LogP) is 0.384. The highest BCUT2D eigenvalue weighted by atomic mass is 32.1. The van der Waals surface area contributed by atoms with Crippen molar-refractivity contribution in [3.63, 3.8) is 0 Å². The highest BCUT2D eigenvalue weighted by molar-refractivity contribution is 7.80. The molecule has 0 aliphatic heterocycles. The average molecular weight is 293 g/mol. The fraction of sp³-hybridized carbons (Fsp3) is 0.357. The molecule has 20 heavy (non-hydrogen) atoms. The van der Waals surface area contributed by atoms with Gasteiger partial charge in [0, 0.05) is 20.0 Å². The van der Waals surface area contributed by atoms with Gasteiger partial charge in [-0.3, -0.25) is 9.59 Å². The lowest BCUT2D eigenvalue weighted by Crippen LogP contribution is -2.42. The molecule has 0 spiro atoms. The van der Waals surface area contributed by atoms with Gasteiger partial charge in [-0.15, -0.1) is 0 Å². The number of benzene rings is 1. The van der Waals surface area contributed by atoms with Gasteiger partial charge in [0.2, 0.25) is 11.8 Å². The summed E-state index contributed by atoms with van der Waals surface area (Å²) in [7, 11) is 0. The van der Waals surface area contributed by atoms with E-state index >= 15 is 0 Å². The van der Waals surface area contributed by atoms with E-state index in [1.54, 1.807) is 0 Å². The molecule has 1 aromatic carbocycles. The van der Waals surface area contributed by atoms with Crippen molar-refractivity contribution in [2.45, 2.75) is 13.3 Å². The number of hydrogen-bond acceptors (Lipinski definition) is 3. The summed E-state index contributed by atoms with van der Waals surface area (Å²) in [6, 6.07) is 9.57. The molecular weight excluding hydrogens is 274 g/mol. The molecule has 0 saturated carbocycles. The maximum Gasteiger partial charge on any atom is 0.230 e. The Hall–Kier alpha value is -1.95. The van der Waals surface area contributed by atoms with E-state index in [1.807, 2.05) is 30.3 Å². The van der Waals surface area contributed by atoms with E-state index in [-0.39, 0.29) is 16.8 Å². The highest BCUT2D eigenvalue weighted by Crippen LogP contribution is 2.09. The van der Waals surface area contributed by atoms with Crippen molar-refractivity contribution in [3.8, 4) is 0 Å². The van der Waals surface area contributed by atoms with Gasteiger partial charge in [0.25, 0.3) is 0 Å². The largest absolute Gasteiger partial charge is 0.393 e. The SMILES string of the molecule is CC(=O)NCCNC(=O)C(Cc1ccccc1)C(N)=S. The molecule has 2 amide bonds. The standard InChI is InChI=1S/C14H19N3O2S/c1-10(18)16-7-8-17-14(19)12(13(15)20)9-11-5-3-2-4-6-11/h2-6,12H,7-9H2,1H3,(H2,15,20)(H,16,18)(H,17,19). The molecule has 1 atom stereocenters. The first kappa shape index (κ1) is 16.1. The molecule has 1 unspecified atom stereocenters. The minimum Gasteiger partial charge on any atom is -0.393 e. The summed E-state index contributed by atoms with van der Waals surface area (Å²) in [6.07, 6.45) is 0.474. The van der Waals surface area contributed by atoms with Crippen LogP contribution in [0.15, 0.2) is 30.3 Å². The van der Waals surface area contributed by atoms with E-state index in [2.05, 4.69) is 10.6 Å². The summed E-state index contributed by atoms with van der Waals surface area (Å²) in [4.78, 5) is 22.9. The van der Waals surface area contributed by atoms with Crippen molar-refractivity contribution in [1.29, 1.82) is 0 Å². The smallest absolute Gasteiger partial charge is 0.230 e. The molecule has 0 saturated heterocycles. The van der Waals surface area contributed by atoms with Gasteiger partial charge in [-0.2, -0.15) is 0 Å². The first-order chi connectivity index (χ1) is 9.50. The Morgan fingerprint density at radius 2 is 1.80 bits per heavy atom. The molecule has 0 aliphatic carbocycles. The zero-order valence-corrected chi connectivity index (χ0v) is 12.2. The van der Waals surface area contributed by atoms with Crippen molar-refractivity contribution in [3.05, 3.63) is 35.9 Å². The third-order valence-electron chi connectivity index (χ3n) is 2.74. The molecule has 6 heteroatoms. The Morgan fingerprint density at radius 3 is 2.35 bits per heavy atom. The molecule has 0 fully saturated rings. The van der Waals surface area contributed by atoms with Crippen molar-refractivity contribution >= 4 is 29.0 Å². The number of rotatable bonds is 7. The zero-order valence-electron chi connectivity index (χ0n) is 11.4. The molecule has 0 radical (unpaired) electrons. The molecule has 1 rings (SSSR count). The number of thiocarbonyl (C=S) groups is 1. The highest BCUT2D eigenvalue weighted by Gasteiger charge is 2.21. The molecule has 0 heterocycles. The van der Waals surface area contributed by atoms with Crippen LogP contribution in [0, 0.1) is 5.92 Å². The lowest BCUT2D eigenvalue weighted by atomic mass is 9.98. The van der Waals surface area contributed by atoms with Gasteiger partial charge in [-0.05, 0) is 12.0 Å². The molecule has 0 aliphatic rings. The molecule has 108 valence electrons. The van der Waals surface area contributed by atoms with Crippen LogP contribution in [0.5, 0.6) is 0 Å². The van der Waals surface area contributed by atoms with Crippen LogP contribution in [0.2, 0.25) is 0 Å². The average Bonchev–Trinajstić information content (AvgIpc) is 2.41. The van der Waals surface area contributed by atoms with Crippen LogP contribution >= 0.6 is 12.2 Å². The van der Waals surface area contributed by atoms with E-state index in [1.165, 1.54) is 6.92 Å². The van der Waals surface area contributed by atoms with E-state index in [4.69, 9.17) is 18.0 Å². The number of hydrogen-bond donors (Lipinski definition) is 3. The van der Waals surface area contributed by atoms with Gasteiger partial charge in [0.05, 0.1) is 10.9 Å². The molecule has 0 aromatic heterocycles. The van der Waals surface area contributed by atoms with Crippen LogP contribution in [-0.2, 0) is 16.0 Å². The van der Waals surface area contributed by atoms with E-state index < -0.39 is 5.92 Å². The van der Waals surface area contributed by atoms with Gasteiger partial charge in [0.1, 0.15) is 0 Å². The Morgan fingerprint density at radius 1 is 1.20 bits per heavy atom. The van der Waals surface area contributed by atoms with Crippen LogP contribution in [-0.4, -0.2) is 29.9 Å². The summed E-state index contributed by atoms with van der Waals surface area (Å²) >= 11 is 4.96. The molecule has 0 bridgehead atoms. The number of carbonyl (C=O) groups excluding carboxylic acids is 2. The van der Waals surface area contributed by atoms with Gasteiger partial charge in [-0.1, -0.05) is 42.5 Å². The van der Waals surface area contributed by atoms with Gasteiger partial charge in [-0.25, -0.2) is 0 Å². The third-order valence-corrected chi connectivity index (χ3v) is 3.03. The quantitative estimate of drug-likeness (QED) is 0.501. The first-order valence-corrected chi connectivity index (χ1v) is 6.77. The van der Waals surface area contributed by atoms with Crippen molar-refractivity contribution in [2.75, 3.05) is 13.1 Å². The summed E-state index contributed by atoms with van der Waals surface area (Å²) in [5, 5.41) is 5.32. The monoisotopic (exact) mass is 293 g/mol. The Kier molecular flexibility index (Phi) is 6.66. The summed E-state index contributed by atoms with van der Waals surface area (Å²) in [5.41, 5.74) is 6.64. The Labute approximate surface area is 123 Å². The number of nitrogens with two attached hydrogens (primary N) is 1. The maximum absolute atomic E-state index is 12.0. The van der Waals surface area contributed by atoms with Gasteiger partial charge in [0.15, 0.2) is 0 Å².